The van der Waals surface area contributed by atoms with Crippen molar-refractivity contribution < 1.29 is 23.5 Å². The van der Waals surface area contributed by atoms with E-state index in [1.165, 1.54) is 12.1 Å². The Bertz CT molecular complexity index is 955. The number of nitrogens with one attached hydrogen (secondary N) is 2. The number of hydrogen-bond acceptors (Lipinski definition) is 4. The second kappa shape index (κ2) is 8.23. The average molecular weight is 411 g/mol. The molecular weight excluding hydrogens is 389 g/mol. The van der Waals surface area contributed by atoms with Crippen molar-refractivity contribution in [3.05, 3.63) is 65.5 Å². The van der Waals surface area contributed by atoms with Gasteiger partial charge in [0.05, 0.1) is 18.5 Å². The van der Waals surface area contributed by atoms with E-state index in [0.717, 1.165) is 16.0 Å². The number of urea groups is 1. The topological polar surface area (TPSA) is 87.7 Å². The lowest BCUT2D eigenvalue weighted by atomic mass is 9.73. The van der Waals surface area contributed by atoms with Gasteiger partial charge in [0.25, 0.3) is 0 Å². The molecule has 30 heavy (non-hydrogen) atoms. The fraction of sp³-hybridized carbons (Fsp3) is 0.318. The summed E-state index contributed by atoms with van der Waals surface area (Å²) in [5, 5.41) is 5.45. The third kappa shape index (κ3) is 3.91. The van der Waals surface area contributed by atoms with E-state index in [1.807, 2.05) is 0 Å². The number of nitrogens with zero attached hydrogens (tertiary/aromatic N) is 1. The molecule has 2 aromatic carbocycles. The zero-order valence-electron chi connectivity index (χ0n) is 16.3. The monoisotopic (exact) mass is 411 g/mol. The standard InChI is InChI=1S/C22H22FN3O4/c23-17-6-4-16(5-7-17)22(8-10-30-11-9-22)20(28)25-18-3-1-2-15(12-18)14-26-19(27)13-24-21(26)29/h1-7,12H,8-11,13-14H2,(H,24,29)(H,25,28). The highest BCUT2D eigenvalue weighted by Gasteiger charge is 2.41. The maximum Gasteiger partial charge on any atom is 0.324 e. The van der Waals surface area contributed by atoms with Crippen molar-refractivity contribution in [1.82, 2.24) is 10.2 Å². The number of halogens is 1. The zero-order chi connectivity index (χ0) is 21.1. The molecule has 0 aliphatic carbocycles. The summed E-state index contributed by atoms with van der Waals surface area (Å²) < 4.78 is 18.9. The molecule has 0 radical (unpaired) electrons. The van der Waals surface area contributed by atoms with E-state index >= 15 is 0 Å². The third-order valence-electron chi connectivity index (χ3n) is 5.64. The second-order valence-corrected chi connectivity index (χ2v) is 7.49. The lowest BCUT2D eigenvalue weighted by Crippen LogP contribution is -2.44. The molecule has 2 heterocycles. The summed E-state index contributed by atoms with van der Waals surface area (Å²) in [6.07, 6.45) is 0.985. The first kappa shape index (κ1) is 20.0. The van der Waals surface area contributed by atoms with Crippen LogP contribution in [0.25, 0.3) is 0 Å². The molecule has 8 heteroatoms. The summed E-state index contributed by atoms with van der Waals surface area (Å²) >= 11 is 0. The summed E-state index contributed by atoms with van der Waals surface area (Å²) in [6.45, 7) is 1.01. The molecule has 2 aliphatic rings. The number of imide groups is 1. The van der Waals surface area contributed by atoms with Gasteiger partial charge in [-0.15, -0.1) is 0 Å². The molecule has 2 aliphatic heterocycles. The van der Waals surface area contributed by atoms with Gasteiger partial charge in [-0.2, -0.15) is 0 Å². The lowest BCUT2D eigenvalue weighted by molar-refractivity contribution is -0.126. The summed E-state index contributed by atoms with van der Waals surface area (Å²) in [4.78, 5) is 38.1. The molecule has 4 rings (SSSR count). The molecule has 2 fully saturated rings. The van der Waals surface area contributed by atoms with Gasteiger partial charge in [-0.3, -0.25) is 14.5 Å². The molecule has 0 aromatic heterocycles. The summed E-state index contributed by atoms with van der Waals surface area (Å²) in [5.74, 6) is -0.828. The minimum Gasteiger partial charge on any atom is -0.381 e. The van der Waals surface area contributed by atoms with E-state index in [2.05, 4.69) is 10.6 Å². The lowest BCUT2D eigenvalue weighted by Gasteiger charge is -2.36. The molecule has 0 bridgehead atoms. The number of rotatable bonds is 5. The van der Waals surface area contributed by atoms with Crippen molar-refractivity contribution in [2.24, 2.45) is 0 Å². The summed E-state index contributed by atoms with van der Waals surface area (Å²) in [5.41, 5.74) is 1.23. The number of ether oxygens (including phenoxy) is 1. The van der Waals surface area contributed by atoms with Crippen LogP contribution in [-0.4, -0.2) is 42.5 Å². The van der Waals surface area contributed by atoms with E-state index < -0.39 is 11.4 Å². The van der Waals surface area contributed by atoms with Gasteiger partial charge in [-0.1, -0.05) is 24.3 Å². The molecule has 0 saturated carbocycles. The van der Waals surface area contributed by atoms with Crippen LogP contribution >= 0.6 is 0 Å². The number of carbonyl (C=O) groups is 3. The van der Waals surface area contributed by atoms with E-state index in [0.29, 0.717) is 31.7 Å². The minimum atomic E-state index is -0.813. The molecule has 2 aromatic rings. The van der Waals surface area contributed by atoms with Crippen LogP contribution in [0.15, 0.2) is 48.5 Å². The number of anilines is 1. The van der Waals surface area contributed by atoms with Crippen molar-refractivity contribution in [3.63, 3.8) is 0 Å². The van der Waals surface area contributed by atoms with Crippen molar-refractivity contribution >= 4 is 23.5 Å². The number of benzene rings is 2. The van der Waals surface area contributed by atoms with Gasteiger partial charge in [0.15, 0.2) is 0 Å². The fourth-order valence-corrected chi connectivity index (χ4v) is 3.93. The SMILES string of the molecule is O=C1CNC(=O)N1Cc1cccc(NC(=O)C2(c3ccc(F)cc3)CCOCC2)c1. The van der Waals surface area contributed by atoms with Gasteiger partial charge in [-0.05, 0) is 48.2 Å². The normalized spacial score (nSPS) is 18.2. The quantitative estimate of drug-likeness (QED) is 0.741. The first-order valence-electron chi connectivity index (χ1n) is 9.80. The molecule has 2 N–H and O–H groups in total. The van der Waals surface area contributed by atoms with Crippen LogP contribution in [0.5, 0.6) is 0 Å². The molecule has 7 nitrogen and oxygen atoms in total. The predicted octanol–water partition coefficient (Wildman–Crippen LogP) is 2.56. The Morgan fingerprint density at radius 3 is 2.53 bits per heavy atom. The first-order chi connectivity index (χ1) is 14.5. The molecular formula is C22H22FN3O4. The van der Waals surface area contributed by atoms with E-state index in [-0.39, 0.29) is 30.7 Å². The summed E-state index contributed by atoms with van der Waals surface area (Å²) in [7, 11) is 0. The van der Waals surface area contributed by atoms with Gasteiger partial charge < -0.3 is 15.4 Å². The molecule has 0 spiro atoms. The molecule has 0 atom stereocenters. The fourth-order valence-electron chi connectivity index (χ4n) is 3.93. The minimum absolute atomic E-state index is 0.00246. The number of hydrogen-bond donors (Lipinski definition) is 2. The van der Waals surface area contributed by atoms with Crippen LogP contribution in [0.4, 0.5) is 14.9 Å². The predicted molar refractivity (Wildman–Crippen MR) is 107 cm³/mol. The van der Waals surface area contributed by atoms with Crippen molar-refractivity contribution in [1.29, 1.82) is 0 Å². The maximum absolute atomic E-state index is 13.4. The number of amides is 4. The highest BCUT2D eigenvalue weighted by Crippen LogP contribution is 2.36. The average Bonchev–Trinajstić information content (AvgIpc) is 3.07. The molecule has 2 saturated heterocycles. The first-order valence-corrected chi connectivity index (χ1v) is 9.80. The highest BCUT2D eigenvalue weighted by molar-refractivity contribution is 6.02. The second-order valence-electron chi connectivity index (χ2n) is 7.49. The van der Waals surface area contributed by atoms with Gasteiger partial charge in [0.1, 0.15) is 5.82 Å². The van der Waals surface area contributed by atoms with Crippen molar-refractivity contribution in [2.45, 2.75) is 24.8 Å². The van der Waals surface area contributed by atoms with Crippen LogP contribution in [0.1, 0.15) is 24.0 Å². The van der Waals surface area contributed by atoms with E-state index in [4.69, 9.17) is 4.74 Å². The Balaban J connectivity index is 1.55. The van der Waals surface area contributed by atoms with Crippen molar-refractivity contribution in [2.75, 3.05) is 25.1 Å². The zero-order valence-corrected chi connectivity index (χ0v) is 16.3. The van der Waals surface area contributed by atoms with Crippen LogP contribution < -0.4 is 10.6 Å². The third-order valence-corrected chi connectivity index (χ3v) is 5.64. The smallest absolute Gasteiger partial charge is 0.324 e. The van der Waals surface area contributed by atoms with Crippen molar-refractivity contribution in [3.8, 4) is 0 Å². The van der Waals surface area contributed by atoms with Crippen LogP contribution in [-0.2, 0) is 26.3 Å². The Labute approximate surface area is 173 Å². The van der Waals surface area contributed by atoms with E-state index in [9.17, 15) is 18.8 Å². The van der Waals surface area contributed by atoms with E-state index in [1.54, 1.807) is 36.4 Å². The maximum atomic E-state index is 13.4. The van der Waals surface area contributed by atoms with Crippen LogP contribution in [0, 0.1) is 5.82 Å². The van der Waals surface area contributed by atoms with Gasteiger partial charge in [0, 0.05) is 18.9 Å². The van der Waals surface area contributed by atoms with Crippen LogP contribution in [0.2, 0.25) is 0 Å². The molecule has 0 unspecified atom stereocenters. The Morgan fingerprint density at radius 1 is 1.13 bits per heavy atom. The largest absolute Gasteiger partial charge is 0.381 e. The van der Waals surface area contributed by atoms with Gasteiger partial charge in [-0.25, -0.2) is 9.18 Å². The van der Waals surface area contributed by atoms with Gasteiger partial charge >= 0.3 is 6.03 Å². The Kier molecular flexibility index (Phi) is 5.50. The number of carbonyl (C=O) groups excluding carboxylic acids is 3. The Hall–Kier alpha value is -3.26. The summed E-state index contributed by atoms with van der Waals surface area (Å²) in [6, 6.07) is 12.6. The molecule has 4 amide bonds. The van der Waals surface area contributed by atoms with Crippen LogP contribution in [0.3, 0.4) is 0 Å². The highest BCUT2D eigenvalue weighted by atomic mass is 19.1. The Morgan fingerprint density at radius 2 is 1.87 bits per heavy atom. The van der Waals surface area contributed by atoms with Gasteiger partial charge in [0.2, 0.25) is 11.8 Å². The molecule has 156 valence electrons.